The number of nitrogens with zero attached hydrogens (tertiary/aromatic N) is 2. The Labute approximate surface area is 140 Å². The van der Waals surface area contributed by atoms with E-state index in [0.717, 1.165) is 58.3 Å². The van der Waals surface area contributed by atoms with Gasteiger partial charge in [0.1, 0.15) is 0 Å². The first kappa shape index (κ1) is 17.8. The van der Waals surface area contributed by atoms with Crippen LogP contribution in [-0.2, 0) is 17.8 Å². The summed E-state index contributed by atoms with van der Waals surface area (Å²) < 4.78 is 5.41. The molecule has 1 aromatic carbocycles. The summed E-state index contributed by atoms with van der Waals surface area (Å²) in [6.07, 6.45) is 1.10. The van der Waals surface area contributed by atoms with Gasteiger partial charge in [0.05, 0.1) is 19.8 Å². The smallest absolute Gasteiger partial charge is 0.191 e. The fourth-order valence-electron chi connectivity index (χ4n) is 2.60. The Kier molecular flexibility index (Phi) is 7.90. The first-order valence-corrected chi connectivity index (χ1v) is 8.72. The molecule has 0 radical (unpaired) electrons. The molecule has 128 valence electrons. The van der Waals surface area contributed by atoms with E-state index in [1.54, 1.807) is 0 Å². The third-order valence-electron chi connectivity index (χ3n) is 3.81. The van der Waals surface area contributed by atoms with Gasteiger partial charge >= 0.3 is 0 Å². The Morgan fingerprint density at radius 3 is 2.70 bits per heavy atom. The van der Waals surface area contributed by atoms with Crippen LogP contribution in [0.4, 0.5) is 0 Å². The highest BCUT2D eigenvalue weighted by atomic mass is 16.5. The van der Waals surface area contributed by atoms with E-state index in [2.05, 4.69) is 58.6 Å². The molecular weight excluding hydrogens is 288 g/mol. The molecule has 0 bridgehead atoms. The Balaban J connectivity index is 1.92. The average molecular weight is 318 g/mol. The van der Waals surface area contributed by atoms with Crippen molar-refractivity contribution in [2.24, 2.45) is 4.99 Å². The van der Waals surface area contributed by atoms with Crippen molar-refractivity contribution >= 4 is 5.96 Å². The molecule has 1 aromatic rings. The van der Waals surface area contributed by atoms with Gasteiger partial charge in [-0.15, -0.1) is 0 Å². The van der Waals surface area contributed by atoms with Gasteiger partial charge < -0.3 is 15.4 Å². The number of hydrogen-bond donors (Lipinski definition) is 2. The number of nitrogens with one attached hydrogen (secondary N) is 2. The van der Waals surface area contributed by atoms with Crippen molar-refractivity contribution < 1.29 is 4.74 Å². The van der Waals surface area contributed by atoms with Crippen LogP contribution in [0.5, 0.6) is 0 Å². The van der Waals surface area contributed by atoms with E-state index in [0.29, 0.717) is 6.54 Å². The van der Waals surface area contributed by atoms with E-state index in [-0.39, 0.29) is 0 Å². The van der Waals surface area contributed by atoms with Gasteiger partial charge in [-0.05, 0) is 24.5 Å². The molecule has 2 rings (SSSR count). The van der Waals surface area contributed by atoms with Gasteiger partial charge in [-0.2, -0.15) is 0 Å². The maximum atomic E-state index is 5.41. The number of hydrogen-bond acceptors (Lipinski definition) is 3. The monoisotopic (exact) mass is 318 g/mol. The van der Waals surface area contributed by atoms with Gasteiger partial charge in [-0.25, -0.2) is 4.99 Å². The van der Waals surface area contributed by atoms with Crippen LogP contribution < -0.4 is 10.6 Å². The molecule has 0 amide bonds. The lowest BCUT2D eigenvalue weighted by atomic mass is 10.1. The normalized spacial score (nSPS) is 16.3. The molecule has 2 N–H and O–H groups in total. The molecule has 0 unspecified atom stereocenters. The van der Waals surface area contributed by atoms with Crippen molar-refractivity contribution in [1.29, 1.82) is 0 Å². The lowest BCUT2D eigenvalue weighted by Gasteiger charge is -2.26. The van der Waals surface area contributed by atoms with Crippen molar-refractivity contribution in [3.63, 3.8) is 0 Å². The summed E-state index contributed by atoms with van der Waals surface area (Å²) in [4.78, 5) is 7.11. The molecule has 1 fully saturated rings. The van der Waals surface area contributed by atoms with Crippen molar-refractivity contribution in [3.8, 4) is 0 Å². The molecular formula is C18H30N4O. The quantitative estimate of drug-likeness (QED) is 0.596. The Bertz CT molecular complexity index is 484. The maximum absolute atomic E-state index is 5.41. The minimum atomic E-state index is 0.704. The number of rotatable bonds is 7. The number of guanidine groups is 1. The summed E-state index contributed by atoms with van der Waals surface area (Å²) in [5.41, 5.74) is 2.61. The highest BCUT2D eigenvalue weighted by Gasteiger charge is 2.10. The van der Waals surface area contributed by atoms with Crippen LogP contribution in [-0.4, -0.2) is 50.3 Å². The van der Waals surface area contributed by atoms with Crippen LogP contribution in [0.15, 0.2) is 29.3 Å². The highest BCUT2D eigenvalue weighted by molar-refractivity contribution is 5.79. The molecule has 0 saturated carbocycles. The zero-order valence-electron chi connectivity index (χ0n) is 14.5. The highest BCUT2D eigenvalue weighted by Crippen LogP contribution is 2.10. The molecule has 0 aliphatic carbocycles. The van der Waals surface area contributed by atoms with Gasteiger partial charge in [0, 0.05) is 32.7 Å². The Morgan fingerprint density at radius 1 is 1.17 bits per heavy atom. The molecule has 5 heteroatoms. The summed E-state index contributed by atoms with van der Waals surface area (Å²) in [6.45, 7) is 11.5. The summed E-state index contributed by atoms with van der Waals surface area (Å²) in [5.74, 6) is 0.896. The number of morpholine rings is 1. The zero-order chi connectivity index (χ0) is 16.3. The molecule has 23 heavy (non-hydrogen) atoms. The second-order valence-electron chi connectivity index (χ2n) is 5.83. The van der Waals surface area contributed by atoms with Gasteiger partial charge in [-0.3, -0.25) is 4.90 Å². The Morgan fingerprint density at radius 2 is 1.96 bits per heavy atom. The standard InChI is InChI=1S/C18H30N4O/c1-3-8-20-18(19-4-2)21-14-16-6-5-7-17(13-16)15-22-9-11-23-12-10-22/h5-7,13H,3-4,8-12,14-15H2,1-2H3,(H2,19,20,21). The van der Waals surface area contributed by atoms with Gasteiger partial charge in [-0.1, -0.05) is 31.2 Å². The van der Waals surface area contributed by atoms with Crippen LogP contribution in [0, 0.1) is 0 Å². The first-order chi connectivity index (χ1) is 11.3. The fraction of sp³-hybridized carbons (Fsp3) is 0.611. The van der Waals surface area contributed by atoms with E-state index >= 15 is 0 Å². The number of ether oxygens (including phenoxy) is 1. The molecule has 1 aliphatic rings. The third-order valence-corrected chi connectivity index (χ3v) is 3.81. The first-order valence-electron chi connectivity index (χ1n) is 8.72. The Hall–Kier alpha value is -1.59. The second-order valence-corrected chi connectivity index (χ2v) is 5.83. The molecule has 5 nitrogen and oxygen atoms in total. The van der Waals surface area contributed by atoms with Gasteiger partial charge in [0.15, 0.2) is 5.96 Å². The van der Waals surface area contributed by atoms with Crippen molar-refractivity contribution in [2.45, 2.75) is 33.4 Å². The predicted octanol–water partition coefficient (Wildman–Crippen LogP) is 1.98. The molecule has 0 spiro atoms. The predicted molar refractivity (Wildman–Crippen MR) is 95.6 cm³/mol. The largest absolute Gasteiger partial charge is 0.379 e. The lowest BCUT2D eigenvalue weighted by Crippen LogP contribution is -2.37. The van der Waals surface area contributed by atoms with Crippen LogP contribution in [0.2, 0.25) is 0 Å². The van der Waals surface area contributed by atoms with E-state index in [1.165, 1.54) is 11.1 Å². The van der Waals surface area contributed by atoms with E-state index in [4.69, 9.17) is 4.74 Å². The zero-order valence-corrected chi connectivity index (χ0v) is 14.5. The van der Waals surface area contributed by atoms with Crippen LogP contribution in [0.1, 0.15) is 31.4 Å². The molecule has 1 saturated heterocycles. The van der Waals surface area contributed by atoms with Crippen LogP contribution in [0.3, 0.4) is 0 Å². The molecule has 1 heterocycles. The van der Waals surface area contributed by atoms with E-state index in [9.17, 15) is 0 Å². The van der Waals surface area contributed by atoms with E-state index < -0.39 is 0 Å². The van der Waals surface area contributed by atoms with Gasteiger partial charge in [0.2, 0.25) is 0 Å². The third kappa shape index (κ3) is 6.59. The summed E-state index contributed by atoms with van der Waals surface area (Å²) >= 11 is 0. The summed E-state index contributed by atoms with van der Waals surface area (Å²) in [5, 5.41) is 6.62. The maximum Gasteiger partial charge on any atom is 0.191 e. The summed E-state index contributed by atoms with van der Waals surface area (Å²) in [6, 6.07) is 8.74. The fourth-order valence-corrected chi connectivity index (χ4v) is 2.60. The van der Waals surface area contributed by atoms with E-state index in [1.807, 2.05) is 0 Å². The van der Waals surface area contributed by atoms with Crippen molar-refractivity contribution in [3.05, 3.63) is 35.4 Å². The summed E-state index contributed by atoms with van der Waals surface area (Å²) in [7, 11) is 0. The van der Waals surface area contributed by atoms with Crippen molar-refractivity contribution in [2.75, 3.05) is 39.4 Å². The molecule has 0 atom stereocenters. The van der Waals surface area contributed by atoms with Crippen LogP contribution >= 0.6 is 0 Å². The minimum absolute atomic E-state index is 0.704. The number of aliphatic imine (C=N–C) groups is 1. The molecule has 1 aliphatic heterocycles. The van der Waals surface area contributed by atoms with Gasteiger partial charge in [0.25, 0.3) is 0 Å². The van der Waals surface area contributed by atoms with Crippen LogP contribution in [0.25, 0.3) is 0 Å². The molecule has 0 aromatic heterocycles. The average Bonchev–Trinajstić information content (AvgIpc) is 2.59. The number of benzene rings is 1. The lowest BCUT2D eigenvalue weighted by molar-refractivity contribution is 0.0342. The van der Waals surface area contributed by atoms with Crippen molar-refractivity contribution in [1.82, 2.24) is 15.5 Å². The topological polar surface area (TPSA) is 48.9 Å². The second kappa shape index (κ2) is 10.2. The SMILES string of the molecule is CCCNC(=NCc1cccc(CN2CCOCC2)c1)NCC. The minimum Gasteiger partial charge on any atom is -0.379 e.